The Kier molecular flexibility index (Phi) is 3.57. The van der Waals surface area contributed by atoms with Crippen LogP contribution in [0.1, 0.15) is 28.4 Å². The van der Waals surface area contributed by atoms with E-state index in [1.807, 2.05) is 12.1 Å². The Balaban J connectivity index is 1.68. The van der Waals surface area contributed by atoms with Gasteiger partial charge in [0.2, 0.25) is 5.91 Å². The van der Waals surface area contributed by atoms with Gasteiger partial charge >= 0.3 is 5.63 Å². The van der Waals surface area contributed by atoms with Crippen LogP contribution >= 0.6 is 0 Å². The molecule has 1 unspecified atom stereocenters. The number of rotatable bonds is 2. The highest BCUT2D eigenvalue weighted by Crippen LogP contribution is 2.30. The highest BCUT2D eigenvalue weighted by molar-refractivity contribution is 5.99. The molecule has 0 radical (unpaired) electrons. The highest BCUT2D eigenvalue weighted by atomic mass is 16.4. The predicted octanol–water partition coefficient (Wildman–Crippen LogP) is 2.61. The van der Waals surface area contributed by atoms with Crippen LogP contribution in [0, 0.1) is 0 Å². The Morgan fingerprint density at radius 3 is 2.72 bits per heavy atom. The molecule has 1 aliphatic rings. The third-order valence-electron chi connectivity index (χ3n) is 4.19. The highest BCUT2D eigenvalue weighted by Gasteiger charge is 2.27. The van der Waals surface area contributed by atoms with Gasteiger partial charge in [-0.1, -0.05) is 36.4 Å². The first-order chi connectivity index (χ1) is 12.1. The summed E-state index contributed by atoms with van der Waals surface area (Å²) in [6.07, 6.45) is 0.113. The van der Waals surface area contributed by atoms with Crippen molar-refractivity contribution in [1.29, 1.82) is 0 Å². The van der Waals surface area contributed by atoms with Gasteiger partial charge in [-0.3, -0.25) is 9.59 Å². The molecule has 2 heterocycles. The van der Waals surface area contributed by atoms with Crippen molar-refractivity contribution in [2.45, 2.75) is 12.5 Å². The minimum Gasteiger partial charge on any atom is -0.422 e. The molecular formula is C19H14N2O4. The standard InChI is InChI=1S/C19H14N2O4/c22-17-10-15(12-6-2-3-7-14(12)20-17)21-18(23)13-9-11-5-1-4-8-16(11)25-19(13)24/h1-9,15H,10H2,(H,20,22)(H,21,23). The number of fused-ring (bicyclic) bond motifs is 2. The van der Waals surface area contributed by atoms with Crippen molar-refractivity contribution in [3.63, 3.8) is 0 Å². The molecule has 25 heavy (non-hydrogen) atoms. The van der Waals surface area contributed by atoms with Gasteiger partial charge in [0, 0.05) is 11.1 Å². The first-order valence-electron chi connectivity index (χ1n) is 7.84. The molecular weight excluding hydrogens is 320 g/mol. The third-order valence-corrected chi connectivity index (χ3v) is 4.19. The molecule has 0 aliphatic carbocycles. The van der Waals surface area contributed by atoms with Gasteiger partial charge in [-0.15, -0.1) is 0 Å². The molecule has 3 aromatic rings. The van der Waals surface area contributed by atoms with Crippen molar-refractivity contribution in [3.8, 4) is 0 Å². The van der Waals surface area contributed by atoms with Crippen molar-refractivity contribution in [1.82, 2.24) is 5.32 Å². The van der Waals surface area contributed by atoms with Gasteiger partial charge in [0.15, 0.2) is 0 Å². The summed E-state index contributed by atoms with van der Waals surface area (Å²) in [6, 6.07) is 15.2. The number of hydrogen-bond donors (Lipinski definition) is 2. The van der Waals surface area contributed by atoms with E-state index in [0.717, 1.165) is 5.56 Å². The zero-order chi connectivity index (χ0) is 17.4. The molecule has 0 fully saturated rings. The minimum atomic E-state index is -0.704. The summed E-state index contributed by atoms with van der Waals surface area (Å²) in [5.41, 5.74) is 1.11. The Bertz CT molecular complexity index is 1050. The minimum absolute atomic E-state index is 0.0813. The van der Waals surface area contributed by atoms with Gasteiger partial charge in [-0.05, 0) is 23.8 Å². The second-order valence-electron chi connectivity index (χ2n) is 5.85. The van der Waals surface area contributed by atoms with Crippen molar-refractivity contribution in [2.24, 2.45) is 0 Å². The zero-order valence-corrected chi connectivity index (χ0v) is 13.1. The van der Waals surface area contributed by atoms with Gasteiger partial charge in [0.1, 0.15) is 11.1 Å². The maximum atomic E-state index is 12.6. The number of nitrogens with one attached hydrogen (secondary N) is 2. The number of benzene rings is 2. The normalized spacial score (nSPS) is 16.2. The van der Waals surface area contributed by atoms with Crippen LogP contribution in [0.25, 0.3) is 11.0 Å². The first kappa shape index (κ1) is 15.1. The van der Waals surface area contributed by atoms with E-state index < -0.39 is 17.6 Å². The van der Waals surface area contributed by atoms with Crippen molar-refractivity contribution < 1.29 is 14.0 Å². The zero-order valence-electron chi connectivity index (χ0n) is 13.1. The molecule has 0 bridgehead atoms. The number of anilines is 1. The third kappa shape index (κ3) is 2.78. The molecule has 0 spiro atoms. The summed E-state index contributed by atoms with van der Waals surface area (Å²) in [7, 11) is 0. The summed E-state index contributed by atoms with van der Waals surface area (Å²) in [4.78, 5) is 36.6. The summed E-state index contributed by atoms with van der Waals surface area (Å²) < 4.78 is 5.20. The Labute approximate surface area is 142 Å². The van der Waals surface area contributed by atoms with E-state index in [1.54, 1.807) is 36.4 Å². The molecule has 1 aromatic heterocycles. The largest absolute Gasteiger partial charge is 0.422 e. The van der Waals surface area contributed by atoms with Crippen molar-refractivity contribution in [2.75, 3.05) is 5.32 Å². The summed E-state index contributed by atoms with van der Waals surface area (Å²) in [5, 5.41) is 6.20. The summed E-state index contributed by atoms with van der Waals surface area (Å²) in [5.74, 6) is -0.747. The molecule has 2 amide bonds. The van der Waals surface area contributed by atoms with E-state index in [1.165, 1.54) is 6.07 Å². The summed E-state index contributed by atoms with van der Waals surface area (Å²) >= 11 is 0. The monoisotopic (exact) mass is 334 g/mol. The predicted molar refractivity (Wildman–Crippen MR) is 92.4 cm³/mol. The van der Waals surface area contributed by atoms with Crippen LogP contribution in [0.5, 0.6) is 0 Å². The Morgan fingerprint density at radius 1 is 1.08 bits per heavy atom. The molecule has 6 nitrogen and oxygen atoms in total. The van der Waals surface area contributed by atoms with Gasteiger partial charge in [0.05, 0.1) is 12.5 Å². The Morgan fingerprint density at radius 2 is 1.84 bits per heavy atom. The lowest BCUT2D eigenvalue weighted by molar-refractivity contribution is -0.116. The molecule has 1 aliphatic heterocycles. The fourth-order valence-corrected chi connectivity index (χ4v) is 3.00. The lowest BCUT2D eigenvalue weighted by atomic mass is 9.97. The van der Waals surface area contributed by atoms with Crippen molar-refractivity contribution >= 4 is 28.5 Å². The van der Waals surface area contributed by atoms with E-state index in [-0.39, 0.29) is 17.9 Å². The van der Waals surface area contributed by atoms with Crippen molar-refractivity contribution in [3.05, 3.63) is 76.1 Å². The fourth-order valence-electron chi connectivity index (χ4n) is 3.00. The van der Waals surface area contributed by atoms with Gasteiger partial charge in [-0.2, -0.15) is 0 Å². The fraction of sp³-hybridized carbons (Fsp3) is 0.105. The molecule has 4 rings (SSSR count). The lowest BCUT2D eigenvalue weighted by Crippen LogP contribution is -2.36. The first-order valence-corrected chi connectivity index (χ1v) is 7.84. The number of carbonyl (C=O) groups excluding carboxylic acids is 2. The number of carbonyl (C=O) groups is 2. The molecule has 0 saturated carbocycles. The number of para-hydroxylation sites is 2. The van der Waals surface area contributed by atoms with E-state index in [9.17, 15) is 14.4 Å². The molecule has 2 aromatic carbocycles. The SMILES string of the molecule is O=C1CC(NC(=O)c2cc3ccccc3oc2=O)c2ccccc2N1. The van der Waals surface area contributed by atoms with Crippen LogP contribution < -0.4 is 16.3 Å². The van der Waals surface area contributed by atoms with Crippen LogP contribution in [-0.2, 0) is 4.79 Å². The smallest absolute Gasteiger partial charge is 0.349 e. The average molecular weight is 334 g/mol. The van der Waals surface area contributed by atoms with E-state index in [4.69, 9.17) is 4.42 Å². The topological polar surface area (TPSA) is 88.4 Å². The van der Waals surface area contributed by atoms with Crippen LogP contribution in [0.3, 0.4) is 0 Å². The molecule has 124 valence electrons. The number of hydrogen-bond acceptors (Lipinski definition) is 4. The van der Waals surface area contributed by atoms with Crippen LogP contribution in [-0.4, -0.2) is 11.8 Å². The lowest BCUT2D eigenvalue weighted by Gasteiger charge is -2.26. The second-order valence-corrected chi connectivity index (χ2v) is 5.85. The summed E-state index contributed by atoms with van der Waals surface area (Å²) in [6.45, 7) is 0. The van der Waals surface area contributed by atoms with Crippen LogP contribution in [0.4, 0.5) is 5.69 Å². The maximum absolute atomic E-state index is 12.6. The quantitative estimate of drug-likeness (QED) is 0.705. The maximum Gasteiger partial charge on any atom is 0.349 e. The van der Waals surface area contributed by atoms with Crippen LogP contribution in [0.2, 0.25) is 0 Å². The number of amides is 2. The van der Waals surface area contributed by atoms with Gasteiger partial charge < -0.3 is 15.1 Å². The van der Waals surface area contributed by atoms with E-state index in [0.29, 0.717) is 16.7 Å². The average Bonchev–Trinajstić information content (AvgIpc) is 2.61. The van der Waals surface area contributed by atoms with E-state index in [2.05, 4.69) is 10.6 Å². The van der Waals surface area contributed by atoms with Crippen LogP contribution in [0.15, 0.2) is 63.8 Å². The van der Waals surface area contributed by atoms with Gasteiger partial charge in [-0.25, -0.2) is 4.79 Å². The van der Waals surface area contributed by atoms with Gasteiger partial charge in [0.25, 0.3) is 5.91 Å². The van der Waals surface area contributed by atoms with E-state index >= 15 is 0 Å². The molecule has 6 heteroatoms. The Hall–Kier alpha value is -3.41. The molecule has 1 atom stereocenters. The second kappa shape index (κ2) is 5.90. The molecule has 2 N–H and O–H groups in total. The molecule has 0 saturated heterocycles.